The molecule has 1 aliphatic carbocycles. The quantitative estimate of drug-likeness (QED) is 0.562. The Morgan fingerprint density at radius 3 is 2.70 bits per heavy atom. The minimum atomic E-state index is -0.423. The number of ether oxygens (including phenoxy) is 2. The van der Waals surface area contributed by atoms with E-state index in [0.717, 1.165) is 53.7 Å². The van der Waals surface area contributed by atoms with Crippen molar-refractivity contribution in [3.05, 3.63) is 58.3 Å². The fourth-order valence-corrected chi connectivity index (χ4v) is 5.06. The van der Waals surface area contributed by atoms with Gasteiger partial charge in [-0.1, -0.05) is 25.8 Å². The van der Waals surface area contributed by atoms with E-state index in [4.69, 9.17) is 15.9 Å². The van der Waals surface area contributed by atoms with Crippen LogP contribution in [0.3, 0.4) is 0 Å². The van der Waals surface area contributed by atoms with E-state index in [1.165, 1.54) is 0 Å². The third-order valence-electron chi connectivity index (χ3n) is 6.73. The van der Waals surface area contributed by atoms with E-state index in [9.17, 15) is 4.79 Å². The molecule has 0 amide bonds. The second kappa shape index (κ2) is 7.97. The molecule has 33 heavy (non-hydrogen) atoms. The molecule has 1 aromatic heterocycles. The number of piperidine rings is 1. The van der Waals surface area contributed by atoms with Gasteiger partial charge >= 0.3 is 0 Å². The van der Waals surface area contributed by atoms with Gasteiger partial charge in [-0.05, 0) is 63.1 Å². The summed E-state index contributed by atoms with van der Waals surface area (Å²) in [6.07, 6.45) is 7.73. The molecule has 0 spiro atoms. The van der Waals surface area contributed by atoms with Crippen LogP contribution >= 0.6 is 0 Å². The molecule has 1 aliphatic heterocycles. The van der Waals surface area contributed by atoms with Crippen molar-refractivity contribution in [3.8, 4) is 23.8 Å². The molecule has 1 fully saturated rings. The highest BCUT2D eigenvalue weighted by atomic mass is 16.5. The van der Waals surface area contributed by atoms with Gasteiger partial charge < -0.3 is 19.8 Å². The average Bonchev–Trinajstić information content (AvgIpc) is 3.19. The summed E-state index contributed by atoms with van der Waals surface area (Å²) in [6, 6.07) is 9.65. The third-order valence-corrected chi connectivity index (χ3v) is 6.73. The Balaban J connectivity index is 1.66. The number of fused-ring (bicyclic) bond motifs is 4. The van der Waals surface area contributed by atoms with Crippen molar-refractivity contribution in [1.29, 1.82) is 0 Å². The van der Waals surface area contributed by atoms with E-state index >= 15 is 0 Å². The topological polar surface area (TPSA) is 63.4 Å². The van der Waals surface area contributed by atoms with Crippen molar-refractivity contribution < 1.29 is 14.3 Å². The molecule has 170 valence electrons. The molecule has 2 heterocycles. The summed E-state index contributed by atoms with van der Waals surface area (Å²) in [4.78, 5) is 17.3. The molecule has 2 aliphatic rings. The molecule has 1 saturated heterocycles. The summed E-state index contributed by atoms with van der Waals surface area (Å²) in [5.74, 6) is 4.00. The van der Waals surface area contributed by atoms with Gasteiger partial charge in [0.2, 0.25) is 0 Å². The number of carbonyl (C=O) groups excluding carboxylic acids is 1. The van der Waals surface area contributed by atoms with Crippen molar-refractivity contribution >= 4 is 16.7 Å². The number of H-pyrrole nitrogens is 1. The molecular weight excluding hydrogens is 412 g/mol. The van der Waals surface area contributed by atoms with Gasteiger partial charge in [0.05, 0.1) is 11.7 Å². The monoisotopic (exact) mass is 442 g/mol. The predicted molar refractivity (Wildman–Crippen MR) is 131 cm³/mol. The number of hydrogen-bond donors (Lipinski definition) is 2. The summed E-state index contributed by atoms with van der Waals surface area (Å²) >= 11 is 0. The largest absolute Gasteiger partial charge is 0.487 e. The minimum Gasteiger partial charge on any atom is -0.487 e. The van der Waals surface area contributed by atoms with Crippen LogP contribution in [0.4, 0.5) is 0 Å². The number of rotatable bonds is 4. The van der Waals surface area contributed by atoms with Gasteiger partial charge in [-0.3, -0.25) is 4.79 Å². The number of aromatic amines is 1. The fraction of sp³-hybridized carbons (Fsp3) is 0.393. The van der Waals surface area contributed by atoms with Crippen LogP contribution in [0.15, 0.2) is 30.3 Å². The second-order valence-corrected chi connectivity index (χ2v) is 9.83. The lowest BCUT2D eigenvalue weighted by Crippen LogP contribution is -2.37. The molecule has 0 radical (unpaired) electrons. The maximum atomic E-state index is 13.8. The Bertz CT molecular complexity index is 1290. The first-order valence-corrected chi connectivity index (χ1v) is 11.7. The third kappa shape index (κ3) is 3.59. The SMILES string of the molecule is C#Cc1ccc2c3c([nH]c2c1)C(C)(C)c1cc(OC2CCCNC2)c(OC(C)C)cc1C3=O. The zero-order valence-corrected chi connectivity index (χ0v) is 19.7. The Labute approximate surface area is 194 Å². The number of ketones is 1. The fourth-order valence-electron chi connectivity index (χ4n) is 5.06. The van der Waals surface area contributed by atoms with Gasteiger partial charge in [-0.25, -0.2) is 0 Å². The maximum Gasteiger partial charge on any atom is 0.195 e. The number of aromatic nitrogens is 1. The summed E-state index contributed by atoms with van der Waals surface area (Å²) in [6.45, 7) is 10.1. The van der Waals surface area contributed by atoms with E-state index in [-0.39, 0.29) is 18.0 Å². The van der Waals surface area contributed by atoms with Gasteiger partial charge in [-0.15, -0.1) is 6.42 Å². The Kier molecular flexibility index (Phi) is 5.22. The smallest absolute Gasteiger partial charge is 0.195 e. The van der Waals surface area contributed by atoms with Crippen LogP contribution in [-0.2, 0) is 5.41 Å². The maximum absolute atomic E-state index is 13.8. The first-order valence-electron chi connectivity index (χ1n) is 11.7. The molecule has 1 atom stereocenters. The van der Waals surface area contributed by atoms with E-state index < -0.39 is 5.41 Å². The molecule has 5 rings (SSSR count). The van der Waals surface area contributed by atoms with Crippen LogP contribution in [0.2, 0.25) is 0 Å². The predicted octanol–water partition coefficient (Wildman–Crippen LogP) is 4.94. The first-order chi connectivity index (χ1) is 15.8. The Morgan fingerprint density at radius 2 is 2.00 bits per heavy atom. The average molecular weight is 443 g/mol. The number of nitrogens with one attached hydrogen (secondary N) is 2. The van der Waals surface area contributed by atoms with E-state index in [2.05, 4.69) is 30.1 Å². The van der Waals surface area contributed by atoms with Crippen molar-refractivity contribution in [2.45, 2.75) is 58.2 Å². The van der Waals surface area contributed by atoms with E-state index in [0.29, 0.717) is 22.6 Å². The number of hydrogen-bond acceptors (Lipinski definition) is 4. The highest BCUT2D eigenvalue weighted by Gasteiger charge is 2.41. The zero-order chi connectivity index (χ0) is 23.3. The lowest BCUT2D eigenvalue weighted by Gasteiger charge is -2.34. The summed E-state index contributed by atoms with van der Waals surface area (Å²) < 4.78 is 12.6. The number of benzene rings is 2. The molecule has 2 N–H and O–H groups in total. The molecule has 0 bridgehead atoms. The first kappa shape index (κ1) is 21.6. The van der Waals surface area contributed by atoms with Crippen molar-refractivity contribution in [2.75, 3.05) is 13.1 Å². The van der Waals surface area contributed by atoms with Gasteiger partial charge in [0.15, 0.2) is 17.3 Å². The van der Waals surface area contributed by atoms with Crippen LogP contribution in [0.25, 0.3) is 10.9 Å². The van der Waals surface area contributed by atoms with E-state index in [1.807, 2.05) is 44.2 Å². The molecule has 0 saturated carbocycles. The number of terminal acetylenes is 1. The lowest BCUT2D eigenvalue weighted by molar-refractivity contribution is 0.103. The van der Waals surface area contributed by atoms with Crippen LogP contribution in [0.5, 0.6) is 11.5 Å². The molecular formula is C28H30N2O3. The van der Waals surface area contributed by atoms with Gasteiger partial charge in [-0.2, -0.15) is 0 Å². The van der Waals surface area contributed by atoms with Crippen LogP contribution < -0.4 is 14.8 Å². The summed E-state index contributed by atoms with van der Waals surface area (Å²) in [5, 5.41) is 4.30. The standard InChI is InChI=1S/C28H30N2O3/c1-6-17-9-10-19-22(12-17)30-27-25(19)26(31)20-13-23(32-16(2)3)24(14-21(20)28(27,4)5)33-18-8-7-11-29-15-18/h1,9-10,12-14,16,18,29-30H,7-8,11,15H2,2-5H3. The molecule has 5 heteroatoms. The zero-order valence-electron chi connectivity index (χ0n) is 19.7. The lowest BCUT2D eigenvalue weighted by atomic mass is 9.71. The molecule has 3 aromatic rings. The molecule has 1 unspecified atom stereocenters. The van der Waals surface area contributed by atoms with Gasteiger partial charge in [0.25, 0.3) is 0 Å². The summed E-state index contributed by atoms with van der Waals surface area (Å²) in [7, 11) is 0. The molecule has 2 aromatic carbocycles. The van der Waals surface area contributed by atoms with Crippen LogP contribution in [0, 0.1) is 12.3 Å². The number of carbonyl (C=O) groups is 1. The molecule has 5 nitrogen and oxygen atoms in total. The van der Waals surface area contributed by atoms with Crippen LogP contribution in [0.1, 0.15) is 73.3 Å². The van der Waals surface area contributed by atoms with Crippen molar-refractivity contribution in [1.82, 2.24) is 10.3 Å². The van der Waals surface area contributed by atoms with Gasteiger partial charge in [0, 0.05) is 39.7 Å². The Hall–Kier alpha value is -3.23. The van der Waals surface area contributed by atoms with Crippen LogP contribution in [-0.4, -0.2) is 36.1 Å². The summed E-state index contributed by atoms with van der Waals surface area (Å²) in [5.41, 5.74) is 4.48. The second-order valence-electron chi connectivity index (χ2n) is 9.83. The van der Waals surface area contributed by atoms with Crippen molar-refractivity contribution in [3.63, 3.8) is 0 Å². The van der Waals surface area contributed by atoms with Crippen molar-refractivity contribution in [2.24, 2.45) is 0 Å². The van der Waals surface area contributed by atoms with Gasteiger partial charge in [0.1, 0.15) is 6.10 Å². The minimum absolute atomic E-state index is 0.00137. The highest BCUT2D eigenvalue weighted by molar-refractivity contribution is 6.20. The van der Waals surface area contributed by atoms with E-state index in [1.54, 1.807) is 0 Å². The Morgan fingerprint density at radius 1 is 1.18 bits per heavy atom. The highest BCUT2D eigenvalue weighted by Crippen LogP contribution is 2.47. The normalized spacial score (nSPS) is 19.2.